The highest BCUT2D eigenvalue weighted by molar-refractivity contribution is 6.30. The molecule has 2 N–H and O–H groups in total. The van der Waals surface area contributed by atoms with Gasteiger partial charge in [-0.3, -0.25) is 4.57 Å². The number of carbonyl (C=O) groups is 1. The number of methoxy groups -OCH3 is 1. The van der Waals surface area contributed by atoms with E-state index in [-0.39, 0.29) is 36.4 Å². The first-order valence-corrected chi connectivity index (χ1v) is 10.4. The first kappa shape index (κ1) is 25.2. The van der Waals surface area contributed by atoms with Crippen molar-refractivity contribution in [1.82, 2.24) is 9.55 Å². The van der Waals surface area contributed by atoms with Gasteiger partial charge in [0.2, 0.25) is 0 Å². The number of aromatic nitrogens is 2. The summed E-state index contributed by atoms with van der Waals surface area (Å²) in [5, 5.41) is 0.531. The summed E-state index contributed by atoms with van der Waals surface area (Å²) in [5.41, 5.74) is 6.51. The predicted molar refractivity (Wildman–Crippen MR) is 120 cm³/mol. The number of anilines is 1. The molecule has 0 saturated carbocycles. The quantitative estimate of drug-likeness (QED) is 0.435. The molecule has 12 heteroatoms. The van der Waals surface area contributed by atoms with E-state index in [9.17, 15) is 18.0 Å². The third kappa shape index (κ3) is 6.33. The highest BCUT2D eigenvalue weighted by Gasteiger charge is 2.31. The normalized spacial score (nSPS) is 11.3. The summed E-state index contributed by atoms with van der Waals surface area (Å²) in [6.45, 7) is 0.795. The summed E-state index contributed by atoms with van der Waals surface area (Å²) in [7, 11) is 2.92. The van der Waals surface area contributed by atoms with E-state index in [1.807, 2.05) is 0 Å². The van der Waals surface area contributed by atoms with Gasteiger partial charge in [0.1, 0.15) is 11.5 Å². The van der Waals surface area contributed by atoms with Crippen molar-refractivity contribution in [1.29, 1.82) is 0 Å². The first-order valence-electron chi connectivity index (χ1n) is 9.99. The second-order valence-corrected chi connectivity index (χ2v) is 7.54. The second kappa shape index (κ2) is 10.7. The van der Waals surface area contributed by atoms with Crippen LogP contribution in [0.3, 0.4) is 0 Å². The lowest BCUT2D eigenvalue weighted by Gasteiger charge is -2.17. The molecule has 2 aromatic carbocycles. The smallest absolute Gasteiger partial charge is 0.464 e. The molecule has 0 saturated heterocycles. The van der Waals surface area contributed by atoms with Crippen LogP contribution in [0.1, 0.15) is 16.1 Å². The van der Waals surface area contributed by atoms with Gasteiger partial charge in [0.05, 0.1) is 13.7 Å². The maximum atomic E-state index is 12.7. The minimum Gasteiger partial charge on any atom is -0.464 e. The molecule has 0 spiro atoms. The molecule has 1 heterocycles. The molecule has 0 fully saturated rings. The van der Waals surface area contributed by atoms with Gasteiger partial charge in [-0.15, -0.1) is 13.2 Å². The van der Waals surface area contributed by atoms with Crippen LogP contribution in [0.25, 0.3) is 0 Å². The molecule has 182 valence electrons. The Hall–Kier alpha value is -3.44. The number of hydrogen-bond donors (Lipinski definition) is 1. The molecule has 0 aliphatic rings. The standard InChI is InChI=1S/C22H22ClF3N4O4/c1-29(11-10-27)19-18(20(31)32-2)30(13-14-6-8-15(23)9-7-14)21(28-19)33-16-4-3-5-17(12-16)34-22(24,25)26/h3-9,12H,10-11,13,27H2,1-2H3. The van der Waals surface area contributed by atoms with Crippen molar-refractivity contribution in [2.24, 2.45) is 5.73 Å². The Bertz CT molecular complexity index is 1140. The maximum Gasteiger partial charge on any atom is 0.573 e. The number of imidazole rings is 1. The fourth-order valence-corrected chi connectivity index (χ4v) is 3.25. The monoisotopic (exact) mass is 498 g/mol. The van der Waals surface area contributed by atoms with Gasteiger partial charge in [0.25, 0.3) is 0 Å². The van der Waals surface area contributed by atoms with Crippen LogP contribution in [-0.2, 0) is 11.3 Å². The maximum absolute atomic E-state index is 12.7. The molecule has 0 unspecified atom stereocenters. The van der Waals surface area contributed by atoms with Crippen LogP contribution in [0.2, 0.25) is 5.02 Å². The minimum atomic E-state index is -4.86. The topological polar surface area (TPSA) is 91.8 Å². The van der Waals surface area contributed by atoms with Crippen molar-refractivity contribution in [3.05, 3.63) is 64.8 Å². The highest BCUT2D eigenvalue weighted by Crippen LogP contribution is 2.33. The van der Waals surface area contributed by atoms with E-state index >= 15 is 0 Å². The van der Waals surface area contributed by atoms with Gasteiger partial charge < -0.3 is 24.8 Å². The molecule has 0 amide bonds. The predicted octanol–water partition coefficient (Wildman–Crippen LogP) is 4.46. The molecule has 0 aliphatic carbocycles. The van der Waals surface area contributed by atoms with Gasteiger partial charge in [0, 0.05) is 31.2 Å². The largest absolute Gasteiger partial charge is 0.573 e. The Morgan fingerprint density at radius 1 is 1.18 bits per heavy atom. The van der Waals surface area contributed by atoms with Gasteiger partial charge in [-0.2, -0.15) is 4.98 Å². The summed E-state index contributed by atoms with van der Waals surface area (Å²) >= 11 is 5.97. The lowest BCUT2D eigenvalue weighted by molar-refractivity contribution is -0.274. The van der Waals surface area contributed by atoms with Crippen molar-refractivity contribution in [3.63, 3.8) is 0 Å². The van der Waals surface area contributed by atoms with E-state index in [1.54, 1.807) is 36.2 Å². The Morgan fingerprint density at radius 3 is 2.47 bits per heavy atom. The van der Waals surface area contributed by atoms with Crippen LogP contribution in [0, 0.1) is 0 Å². The minimum absolute atomic E-state index is 0.0218. The zero-order chi connectivity index (χ0) is 24.9. The molecular weight excluding hydrogens is 477 g/mol. The number of hydrogen-bond acceptors (Lipinski definition) is 7. The average molecular weight is 499 g/mol. The Morgan fingerprint density at radius 2 is 1.85 bits per heavy atom. The van der Waals surface area contributed by atoms with Gasteiger partial charge >= 0.3 is 18.3 Å². The van der Waals surface area contributed by atoms with Crippen LogP contribution < -0.4 is 20.1 Å². The number of alkyl halides is 3. The van der Waals surface area contributed by atoms with Crippen LogP contribution in [-0.4, -0.2) is 49.1 Å². The van der Waals surface area contributed by atoms with Crippen LogP contribution >= 0.6 is 11.6 Å². The van der Waals surface area contributed by atoms with Crippen LogP contribution in [0.15, 0.2) is 48.5 Å². The van der Waals surface area contributed by atoms with Gasteiger partial charge in [-0.1, -0.05) is 29.8 Å². The molecule has 1 aromatic heterocycles. The van der Waals surface area contributed by atoms with Gasteiger partial charge in [-0.05, 0) is 29.8 Å². The fraction of sp³-hybridized carbons (Fsp3) is 0.273. The molecular formula is C22H22ClF3N4O4. The van der Waals surface area contributed by atoms with E-state index in [4.69, 9.17) is 26.8 Å². The molecule has 0 radical (unpaired) electrons. The number of carbonyl (C=O) groups excluding carboxylic acids is 1. The Labute approximate surface area is 198 Å². The van der Waals surface area contributed by atoms with E-state index < -0.39 is 18.1 Å². The molecule has 3 rings (SSSR count). The molecule has 8 nitrogen and oxygen atoms in total. The number of benzene rings is 2. The summed E-state index contributed by atoms with van der Waals surface area (Å²) in [6.07, 6.45) is -4.86. The number of halogens is 4. The fourth-order valence-electron chi connectivity index (χ4n) is 3.12. The van der Waals surface area contributed by atoms with Crippen molar-refractivity contribution in [2.45, 2.75) is 12.9 Å². The number of likely N-dealkylation sites (N-methyl/N-ethyl adjacent to an activating group) is 1. The van der Waals surface area contributed by atoms with Crippen molar-refractivity contribution < 1.29 is 32.2 Å². The number of esters is 1. The van der Waals surface area contributed by atoms with E-state index in [0.29, 0.717) is 11.6 Å². The van der Waals surface area contributed by atoms with E-state index in [2.05, 4.69) is 9.72 Å². The zero-order valence-corrected chi connectivity index (χ0v) is 19.1. The summed E-state index contributed by atoms with van der Waals surface area (Å²) in [5.74, 6) is -0.878. The molecule has 0 atom stereocenters. The zero-order valence-electron chi connectivity index (χ0n) is 18.3. The number of nitrogens with zero attached hydrogens (tertiary/aromatic N) is 3. The highest BCUT2D eigenvalue weighted by atomic mass is 35.5. The first-order chi connectivity index (χ1) is 16.1. The van der Waals surface area contributed by atoms with E-state index in [1.165, 1.54) is 23.8 Å². The molecule has 0 bridgehead atoms. The summed E-state index contributed by atoms with van der Waals surface area (Å²) < 4.78 is 54.1. The molecule has 0 aliphatic heterocycles. The lowest BCUT2D eigenvalue weighted by Crippen LogP contribution is -2.27. The third-order valence-corrected chi connectivity index (χ3v) is 4.87. The van der Waals surface area contributed by atoms with Crippen molar-refractivity contribution in [2.75, 3.05) is 32.1 Å². The van der Waals surface area contributed by atoms with Gasteiger partial charge in [-0.25, -0.2) is 4.79 Å². The molecule has 34 heavy (non-hydrogen) atoms. The summed E-state index contributed by atoms with van der Waals surface area (Å²) in [4.78, 5) is 18.8. The average Bonchev–Trinajstić information content (AvgIpc) is 3.12. The Balaban J connectivity index is 2.08. The van der Waals surface area contributed by atoms with Crippen molar-refractivity contribution >= 4 is 23.4 Å². The number of nitrogens with two attached hydrogens (primary N) is 1. The second-order valence-electron chi connectivity index (χ2n) is 7.11. The Kier molecular flexibility index (Phi) is 7.90. The number of rotatable bonds is 9. The van der Waals surface area contributed by atoms with E-state index in [0.717, 1.165) is 17.7 Å². The van der Waals surface area contributed by atoms with Crippen LogP contribution in [0.5, 0.6) is 17.5 Å². The van der Waals surface area contributed by atoms with Crippen LogP contribution in [0.4, 0.5) is 19.0 Å². The molecule has 3 aromatic rings. The SMILES string of the molecule is COC(=O)c1c(N(C)CCN)nc(Oc2cccc(OC(F)(F)F)c2)n1Cc1ccc(Cl)cc1. The lowest BCUT2D eigenvalue weighted by atomic mass is 10.2. The van der Waals surface area contributed by atoms with Crippen molar-refractivity contribution in [3.8, 4) is 17.5 Å². The third-order valence-electron chi connectivity index (χ3n) is 4.62. The van der Waals surface area contributed by atoms with Gasteiger partial charge in [0.15, 0.2) is 11.5 Å². The summed E-state index contributed by atoms with van der Waals surface area (Å²) in [6, 6.07) is 11.8. The number of ether oxygens (including phenoxy) is 3.